The largest absolute Gasteiger partial charge is 0.484 e. The van der Waals surface area contributed by atoms with Crippen molar-refractivity contribution < 1.29 is 14.1 Å². The Morgan fingerprint density at radius 2 is 2.09 bits per heavy atom. The second kappa shape index (κ2) is 9.12. The summed E-state index contributed by atoms with van der Waals surface area (Å²) < 4.78 is 10.5. The van der Waals surface area contributed by atoms with Crippen molar-refractivity contribution in [2.24, 2.45) is 5.73 Å². The summed E-state index contributed by atoms with van der Waals surface area (Å²) in [4.78, 5) is 15.9. The van der Waals surface area contributed by atoms with Crippen LogP contribution < -0.4 is 15.8 Å². The van der Waals surface area contributed by atoms with Gasteiger partial charge in [0.05, 0.1) is 6.04 Å². The third-order valence-electron chi connectivity index (χ3n) is 2.99. The fraction of sp³-hybridized carbons (Fsp3) is 0.400. The number of aromatic nitrogens is 2. The van der Waals surface area contributed by atoms with Gasteiger partial charge in [-0.05, 0) is 37.6 Å². The molecule has 1 amide bonds. The molecule has 0 spiro atoms. The van der Waals surface area contributed by atoms with Crippen LogP contribution in [0.25, 0.3) is 0 Å². The zero-order chi connectivity index (χ0) is 15.9. The molecule has 8 heteroatoms. The normalized spacial score (nSPS) is 11.4. The lowest BCUT2D eigenvalue weighted by Crippen LogP contribution is -2.35. The van der Waals surface area contributed by atoms with E-state index in [0.717, 1.165) is 6.42 Å². The summed E-state index contributed by atoms with van der Waals surface area (Å²) >= 11 is 0. The zero-order valence-corrected chi connectivity index (χ0v) is 13.9. The van der Waals surface area contributed by atoms with Gasteiger partial charge in [-0.25, -0.2) is 0 Å². The van der Waals surface area contributed by atoms with Gasteiger partial charge in [-0.2, -0.15) is 4.98 Å². The van der Waals surface area contributed by atoms with Crippen LogP contribution >= 0.6 is 12.4 Å². The van der Waals surface area contributed by atoms with Gasteiger partial charge < -0.3 is 20.3 Å². The Labute approximate surface area is 141 Å². The number of hydrogen-bond donors (Lipinski definition) is 2. The highest BCUT2D eigenvalue weighted by atomic mass is 35.5. The van der Waals surface area contributed by atoms with Gasteiger partial charge in [0.25, 0.3) is 5.89 Å². The van der Waals surface area contributed by atoms with Crippen molar-refractivity contribution in [2.75, 3.05) is 5.32 Å². The predicted molar refractivity (Wildman–Crippen MR) is 88.6 cm³/mol. The lowest BCUT2D eigenvalue weighted by Gasteiger charge is -2.11. The van der Waals surface area contributed by atoms with E-state index in [-0.39, 0.29) is 24.9 Å². The van der Waals surface area contributed by atoms with Gasteiger partial charge in [-0.15, -0.1) is 12.4 Å². The van der Waals surface area contributed by atoms with Crippen LogP contribution in [0.3, 0.4) is 0 Å². The Balaban J connectivity index is 0.00000264. The van der Waals surface area contributed by atoms with Crippen molar-refractivity contribution in [3.63, 3.8) is 0 Å². The van der Waals surface area contributed by atoms with Crippen LogP contribution in [-0.4, -0.2) is 22.1 Å². The van der Waals surface area contributed by atoms with Crippen LogP contribution in [-0.2, 0) is 11.4 Å². The number of nitrogens with two attached hydrogens (primary N) is 1. The molecule has 0 saturated carbocycles. The van der Waals surface area contributed by atoms with Crippen molar-refractivity contribution in [2.45, 2.75) is 39.3 Å². The molecule has 0 saturated heterocycles. The molecule has 1 unspecified atom stereocenters. The fourth-order valence-corrected chi connectivity index (χ4v) is 1.86. The molecule has 0 bridgehead atoms. The highest BCUT2D eigenvalue weighted by Gasteiger charge is 2.12. The smallest absolute Gasteiger partial charge is 0.264 e. The molecule has 23 heavy (non-hydrogen) atoms. The van der Waals surface area contributed by atoms with E-state index in [0.29, 0.717) is 29.6 Å². The van der Waals surface area contributed by atoms with E-state index in [9.17, 15) is 4.79 Å². The van der Waals surface area contributed by atoms with Gasteiger partial charge in [0, 0.05) is 5.69 Å². The van der Waals surface area contributed by atoms with E-state index in [2.05, 4.69) is 15.5 Å². The predicted octanol–water partition coefficient (Wildman–Crippen LogP) is 2.44. The molecule has 0 aliphatic rings. The number of aryl methyl sites for hydroxylation is 1. The fourth-order valence-electron chi connectivity index (χ4n) is 1.86. The van der Waals surface area contributed by atoms with Crippen LogP contribution in [0.1, 0.15) is 31.5 Å². The molecule has 0 aliphatic heterocycles. The summed E-state index contributed by atoms with van der Waals surface area (Å²) in [6, 6.07) is 6.53. The number of halogens is 1. The molecule has 3 N–H and O–H groups in total. The molecule has 0 radical (unpaired) electrons. The summed E-state index contributed by atoms with van der Waals surface area (Å²) in [5.74, 6) is 1.45. The van der Waals surface area contributed by atoms with Crippen molar-refractivity contribution in [3.05, 3.63) is 36.0 Å². The molecular formula is C15H21ClN4O3. The van der Waals surface area contributed by atoms with Crippen LogP contribution in [0, 0.1) is 6.92 Å². The number of nitrogens with one attached hydrogen (secondary N) is 1. The van der Waals surface area contributed by atoms with Crippen LogP contribution in [0.5, 0.6) is 5.75 Å². The molecule has 1 atom stereocenters. The van der Waals surface area contributed by atoms with Crippen molar-refractivity contribution in [3.8, 4) is 5.75 Å². The highest BCUT2D eigenvalue weighted by Crippen LogP contribution is 2.17. The Hall–Kier alpha value is -2.12. The number of benzene rings is 1. The maximum atomic E-state index is 11.8. The summed E-state index contributed by atoms with van der Waals surface area (Å²) in [7, 11) is 0. The molecule has 126 valence electrons. The maximum absolute atomic E-state index is 11.8. The molecule has 1 aromatic carbocycles. The first-order valence-electron chi connectivity index (χ1n) is 7.17. The highest BCUT2D eigenvalue weighted by molar-refractivity contribution is 5.94. The summed E-state index contributed by atoms with van der Waals surface area (Å²) in [6.45, 7) is 3.94. The van der Waals surface area contributed by atoms with Gasteiger partial charge in [-0.3, -0.25) is 4.79 Å². The number of rotatable bonds is 7. The lowest BCUT2D eigenvalue weighted by molar-refractivity contribution is -0.117. The first-order chi connectivity index (χ1) is 10.6. The Bertz CT molecular complexity index is 615. The molecule has 1 aromatic heterocycles. The number of amides is 1. The SMILES string of the molecule is CCCC(N)C(=O)Nc1ccc(OCc2nc(C)no2)cc1.Cl. The number of nitrogens with zero attached hydrogens (tertiary/aromatic N) is 2. The molecular weight excluding hydrogens is 320 g/mol. The van der Waals surface area contributed by atoms with Gasteiger partial charge in [0.2, 0.25) is 5.91 Å². The molecule has 2 aromatic rings. The Morgan fingerprint density at radius 3 is 2.65 bits per heavy atom. The average molecular weight is 341 g/mol. The van der Waals surface area contributed by atoms with E-state index in [1.54, 1.807) is 31.2 Å². The van der Waals surface area contributed by atoms with Gasteiger partial charge in [0.1, 0.15) is 5.75 Å². The van der Waals surface area contributed by atoms with Crippen LogP contribution in [0.4, 0.5) is 5.69 Å². The first-order valence-corrected chi connectivity index (χ1v) is 7.17. The van der Waals surface area contributed by atoms with E-state index < -0.39 is 6.04 Å². The van der Waals surface area contributed by atoms with Crippen molar-refractivity contribution in [1.29, 1.82) is 0 Å². The summed E-state index contributed by atoms with van der Waals surface area (Å²) in [6.07, 6.45) is 1.53. The quantitative estimate of drug-likeness (QED) is 0.802. The van der Waals surface area contributed by atoms with E-state index >= 15 is 0 Å². The van der Waals surface area contributed by atoms with Gasteiger partial charge in [0.15, 0.2) is 12.4 Å². The topological polar surface area (TPSA) is 103 Å². The van der Waals surface area contributed by atoms with Gasteiger partial charge in [-0.1, -0.05) is 18.5 Å². The molecule has 0 fully saturated rings. The number of carbonyl (C=O) groups excluding carboxylic acids is 1. The lowest BCUT2D eigenvalue weighted by atomic mass is 10.1. The van der Waals surface area contributed by atoms with Crippen molar-refractivity contribution >= 4 is 24.0 Å². The molecule has 1 heterocycles. The maximum Gasteiger partial charge on any atom is 0.264 e. The minimum atomic E-state index is -0.485. The third kappa shape index (κ3) is 5.88. The van der Waals surface area contributed by atoms with E-state index in [1.807, 2.05) is 6.92 Å². The van der Waals surface area contributed by atoms with Gasteiger partial charge >= 0.3 is 0 Å². The minimum absolute atomic E-state index is 0. The van der Waals surface area contributed by atoms with E-state index in [4.69, 9.17) is 15.0 Å². The Morgan fingerprint density at radius 1 is 1.39 bits per heavy atom. The molecule has 7 nitrogen and oxygen atoms in total. The average Bonchev–Trinajstić information content (AvgIpc) is 2.92. The standard InChI is InChI=1S/C15H20N4O3.ClH/c1-3-4-13(16)15(20)18-11-5-7-12(8-6-11)21-9-14-17-10(2)19-22-14;/h5-8,13H,3-4,9,16H2,1-2H3,(H,18,20);1H. The summed E-state index contributed by atoms with van der Waals surface area (Å²) in [5, 5.41) is 6.45. The molecule has 2 rings (SSSR count). The number of ether oxygens (including phenoxy) is 1. The van der Waals surface area contributed by atoms with Crippen LogP contribution in [0.2, 0.25) is 0 Å². The minimum Gasteiger partial charge on any atom is -0.484 e. The Kier molecular flexibility index (Phi) is 7.50. The number of hydrogen-bond acceptors (Lipinski definition) is 6. The monoisotopic (exact) mass is 340 g/mol. The second-order valence-electron chi connectivity index (χ2n) is 4.93. The second-order valence-corrected chi connectivity index (χ2v) is 4.93. The zero-order valence-electron chi connectivity index (χ0n) is 13.1. The number of anilines is 1. The van der Waals surface area contributed by atoms with E-state index in [1.165, 1.54) is 0 Å². The summed E-state index contributed by atoms with van der Waals surface area (Å²) in [5.41, 5.74) is 6.44. The van der Waals surface area contributed by atoms with Crippen molar-refractivity contribution in [1.82, 2.24) is 10.1 Å². The molecule has 0 aliphatic carbocycles. The third-order valence-corrected chi connectivity index (χ3v) is 2.99. The first kappa shape index (κ1) is 18.9. The number of carbonyl (C=O) groups is 1. The van der Waals surface area contributed by atoms with Crippen LogP contribution in [0.15, 0.2) is 28.8 Å².